The highest BCUT2D eigenvalue weighted by Crippen LogP contribution is 2.22. The van der Waals surface area contributed by atoms with E-state index in [9.17, 15) is 14.7 Å². The van der Waals surface area contributed by atoms with E-state index in [2.05, 4.69) is 22.0 Å². The summed E-state index contributed by atoms with van der Waals surface area (Å²) in [6.45, 7) is 1.30. The van der Waals surface area contributed by atoms with Gasteiger partial charge < -0.3 is 9.84 Å². The molecule has 5 nitrogen and oxygen atoms in total. The molecule has 0 radical (unpaired) electrons. The Morgan fingerprint density at radius 1 is 1.28 bits per heavy atom. The van der Waals surface area contributed by atoms with Crippen molar-refractivity contribution in [1.29, 1.82) is 5.26 Å². The molecular weight excluding hydrogens is 386 g/mol. The second-order valence-corrected chi connectivity index (χ2v) is 6.10. The van der Waals surface area contributed by atoms with Crippen molar-refractivity contribution in [2.75, 3.05) is 0 Å². The number of Topliss-reactive ketones (excluding diaryl/α,β-unsaturated/α-hetero) is 1. The number of carbonyl (C=O) groups excluding carboxylic acids is 2. The molecule has 0 heterocycles. The van der Waals surface area contributed by atoms with Gasteiger partial charge in [-0.2, -0.15) is 5.26 Å². The van der Waals surface area contributed by atoms with Gasteiger partial charge in [0.1, 0.15) is 18.1 Å². The van der Waals surface area contributed by atoms with Gasteiger partial charge in [-0.15, -0.1) is 0 Å². The molecule has 0 unspecified atom stereocenters. The summed E-state index contributed by atoms with van der Waals surface area (Å²) >= 11 is 3.35. The monoisotopic (exact) mass is 399 g/mol. The maximum Gasteiger partial charge on any atom is 0.224 e. The number of hydrogen-bond donors (Lipinski definition) is 1. The number of nitriles is 1. The van der Waals surface area contributed by atoms with Crippen LogP contribution < -0.4 is 4.74 Å². The minimum atomic E-state index is -0.781. The first-order valence-corrected chi connectivity index (χ1v) is 8.07. The molecule has 6 heteroatoms. The molecule has 0 saturated carbocycles. The fourth-order valence-corrected chi connectivity index (χ4v) is 2.41. The molecule has 25 heavy (non-hydrogen) atoms. The normalized spacial score (nSPS) is 10.8. The van der Waals surface area contributed by atoms with Crippen LogP contribution in [0.15, 0.2) is 53.0 Å². The molecule has 0 spiro atoms. The molecule has 0 bridgehead atoms. The molecule has 0 aliphatic heterocycles. The van der Waals surface area contributed by atoms with Gasteiger partial charge in [0.05, 0.1) is 11.6 Å². The second kappa shape index (κ2) is 8.27. The van der Waals surface area contributed by atoms with E-state index in [1.54, 1.807) is 42.5 Å². The zero-order chi connectivity index (χ0) is 18.4. The molecule has 1 N–H and O–H groups in total. The summed E-state index contributed by atoms with van der Waals surface area (Å²) in [5, 5.41) is 19.1. The Labute approximate surface area is 153 Å². The van der Waals surface area contributed by atoms with Crippen molar-refractivity contribution in [2.24, 2.45) is 0 Å². The van der Waals surface area contributed by atoms with Crippen molar-refractivity contribution in [3.8, 4) is 11.8 Å². The van der Waals surface area contributed by atoms with Crippen molar-refractivity contribution in [1.82, 2.24) is 0 Å². The van der Waals surface area contributed by atoms with Gasteiger partial charge in [-0.25, -0.2) is 0 Å². The quantitative estimate of drug-likeness (QED) is 0.451. The molecule has 0 saturated heterocycles. The van der Waals surface area contributed by atoms with Crippen LogP contribution in [0.25, 0.3) is 5.76 Å². The lowest BCUT2D eigenvalue weighted by Crippen LogP contribution is -2.06. The van der Waals surface area contributed by atoms with Crippen LogP contribution in [0.5, 0.6) is 5.75 Å². The molecule has 2 aromatic carbocycles. The van der Waals surface area contributed by atoms with Gasteiger partial charge in [-0.3, -0.25) is 9.59 Å². The van der Waals surface area contributed by atoms with Crippen LogP contribution in [0, 0.1) is 11.3 Å². The molecule has 0 aliphatic rings. The van der Waals surface area contributed by atoms with Gasteiger partial charge in [0.15, 0.2) is 5.78 Å². The molecule has 0 fully saturated rings. The van der Waals surface area contributed by atoms with Gasteiger partial charge >= 0.3 is 0 Å². The number of ketones is 2. The van der Waals surface area contributed by atoms with E-state index in [0.717, 1.165) is 17.5 Å². The lowest BCUT2D eigenvalue weighted by molar-refractivity contribution is -0.132. The lowest BCUT2D eigenvalue weighted by atomic mass is 10.1. The number of rotatable bonds is 6. The van der Waals surface area contributed by atoms with Gasteiger partial charge in [0.2, 0.25) is 5.78 Å². The lowest BCUT2D eigenvalue weighted by Gasteiger charge is -2.09. The molecular formula is C19H14BrNO4. The number of allylic oxidation sites excluding steroid dienone is 1. The maximum absolute atomic E-state index is 11.4. The fourth-order valence-electron chi connectivity index (χ4n) is 2.01. The summed E-state index contributed by atoms with van der Waals surface area (Å²) in [6, 6.07) is 13.8. The molecule has 0 atom stereocenters. The van der Waals surface area contributed by atoms with Crippen LogP contribution >= 0.6 is 15.9 Å². The number of ether oxygens (including phenoxy) is 1. The van der Waals surface area contributed by atoms with Crippen LogP contribution in [0.4, 0.5) is 0 Å². The third-order valence-electron chi connectivity index (χ3n) is 3.33. The standard InChI is InChI=1S/C19H14BrNO4/c1-12(22)18(23)9-19(24)13-3-2-4-17(8-13)25-11-15-7-16(20)6-5-14(15)10-21/h2-9,24H,11H2,1H3/b19-9-. The summed E-state index contributed by atoms with van der Waals surface area (Å²) < 4.78 is 6.51. The fraction of sp³-hybridized carbons (Fsp3) is 0.105. The number of aliphatic hydroxyl groups is 1. The van der Waals surface area contributed by atoms with E-state index in [1.165, 1.54) is 0 Å². The Morgan fingerprint density at radius 3 is 2.72 bits per heavy atom. The number of benzene rings is 2. The van der Waals surface area contributed by atoms with Crippen molar-refractivity contribution < 1.29 is 19.4 Å². The topological polar surface area (TPSA) is 87.4 Å². The Balaban J connectivity index is 2.18. The molecule has 126 valence electrons. The number of carbonyl (C=O) groups is 2. The van der Waals surface area contributed by atoms with Crippen LogP contribution in [0.1, 0.15) is 23.6 Å². The third-order valence-corrected chi connectivity index (χ3v) is 3.82. The molecule has 2 aromatic rings. The molecule has 0 amide bonds. The van der Waals surface area contributed by atoms with Gasteiger partial charge in [0.25, 0.3) is 0 Å². The summed E-state index contributed by atoms with van der Waals surface area (Å²) in [5.41, 5.74) is 1.57. The van der Waals surface area contributed by atoms with E-state index in [1.807, 2.05) is 0 Å². The zero-order valence-electron chi connectivity index (χ0n) is 13.3. The van der Waals surface area contributed by atoms with Crippen LogP contribution in [0.2, 0.25) is 0 Å². The minimum absolute atomic E-state index is 0.169. The summed E-state index contributed by atoms with van der Waals surface area (Å²) in [6.07, 6.45) is 0.879. The van der Waals surface area contributed by atoms with Crippen molar-refractivity contribution in [3.63, 3.8) is 0 Å². The van der Waals surface area contributed by atoms with E-state index < -0.39 is 11.6 Å². The maximum atomic E-state index is 11.4. The highest BCUT2D eigenvalue weighted by atomic mass is 79.9. The summed E-state index contributed by atoms with van der Waals surface area (Å²) in [5.74, 6) is -1.29. The SMILES string of the molecule is CC(=O)C(=O)/C=C(\O)c1cccc(OCc2cc(Br)ccc2C#N)c1. The Morgan fingerprint density at radius 2 is 2.04 bits per heavy atom. The highest BCUT2D eigenvalue weighted by molar-refractivity contribution is 9.10. The van der Waals surface area contributed by atoms with Gasteiger partial charge in [-0.1, -0.05) is 28.1 Å². The minimum Gasteiger partial charge on any atom is -0.507 e. The van der Waals surface area contributed by atoms with Crippen LogP contribution in [0.3, 0.4) is 0 Å². The molecule has 2 rings (SSSR count). The van der Waals surface area contributed by atoms with Crippen molar-refractivity contribution in [3.05, 3.63) is 69.7 Å². The first-order chi connectivity index (χ1) is 11.9. The number of nitrogens with zero attached hydrogens (tertiary/aromatic N) is 1. The Hall–Kier alpha value is -2.91. The number of aliphatic hydroxyl groups excluding tert-OH is 1. The van der Waals surface area contributed by atoms with Crippen molar-refractivity contribution in [2.45, 2.75) is 13.5 Å². The van der Waals surface area contributed by atoms with E-state index >= 15 is 0 Å². The summed E-state index contributed by atoms with van der Waals surface area (Å²) in [7, 11) is 0. The third kappa shape index (κ3) is 5.03. The van der Waals surface area contributed by atoms with E-state index in [-0.39, 0.29) is 12.4 Å². The highest BCUT2D eigenvalue weighted by Gasteiger charge is 2.09. The largest absolute Gasteiger partial charge is 0.507 e. The van der Waals surface area contributed by atoms with Crippen LogP contribution in [-0.2, 0) is 16.2 Å². The summed E-state index contributed by atoms with van der Waals surface area (Å²) in [4.78, 5) is 22.3. The van der Waals surface area contributed by atoms with E-state index in [0.29, 0.717) is 22.4 Å². The van der Waals surface area contributed by atoms with Gasteiger partial charge in [-0.05, 0) is 30.3 Å². The van der Waals surface area contributed by atoms with Gasteiger partial charge in [0, 0.05) is 28.6 Å². The first kappa shape index (κ1) is 18.4. The van der Waals surface area contributed by atoms with Crippen LogP contribution in [-0.4, -0.2) is 16.7 Å². The molecule has 0 aromatic heterocycles. The second-order valence-electron chi connectivity index (χ2n) is 5.18. The predicted molar refractivity (Wildman–Crippen MR) is 95.9 cm³/mol. The number of halogens is 1. The Bertz CT molecular complexity index is 897. The van der Waals surface area contributed by atoms with Crippen molar-refractivity contribution >= 4 is 33.3 Å². The average Bonchev–Trinajstić information content (AvgIpc) is 2.60. The zero-order valence-corrected chi connectivity index (χ0v) is 14.9. The first-order valence-electron chi connectivity index (χ1n) is 7.28. The Kier molecular flexibility index (Phi) is 6.09. The smallest absolute Gasteiger partial charge is 0.224 e. The van der Waals surface area contributed by atoms with E-state index in [4.69, 9.17) is 10.00 Å². The average molecular weight is 400 g/mol. The number of hydrogen-bond acceptors (Lipinski definition) is 5. The molecule has 0 aliphatic carbocycles. The predicted octanol–water partition coefficient (Wildman–Crippen LogP) is 3.96.